The Balaban J connectivity index is 5.85. The highest BCUT2D eigenvalue weighted by Gasteiger charge is 2.35. The first-order valence-corrected chi connectivity index (χ1v) is 19.5. The summed E-state index contributed by atoms with van der Waals surface area (Å²) in [5, 5.41) is 27.7. The van der Waals surface area contributed by atoms with Crippen molar-refractivity contribution in [1.82, 2.24) is 37.2 Å². The smallest absolute Gasteiger partial charge is 0.326 e. The Morgan fingerprint density at radius 3 is 1.40 bits per heavy atom. The van der Waals surface area contributed by atoms with E-state index in [2.05, 4.69) is 37.2 Å². The van der Waals surface area contributed by atoms with Gasteiger partial charge in [0, 0.05) is 0 Å². The lowest BCUT2D eigenvalue weighted by Crippen LogP contribution is -2.61. The lowest BCUT2D eigenvalue weighted by atomic mass is 9.95. The lowest BCUT2D eigenvalue weighted by molar-refractivity contribution is -0.143. The summed E-state index contributed by atoms with van der Waals surface area (Å²) in [6, 6.07) is -7.35. The van der Waals surface area contributed by atoms with Crippen molar-refractivity contribution in [2.24, 2.45) is 41.2 Å². The van der Waals surface area contributed by atoms with Crippen molar-refractivity contribution in [1.29, 1.82) is 0 Å². The van der Waals surface area contributed by atoms with Gasteiger partial charge in [0.05, 0.1) is 12.6 Å². The SMILES string of the molecule is CC[C@H](C)[C@H](N)C(=O)N[C@H](C(=O)NCC(=O)N[C@@H](CC(C)C)C(=O)N[C@H](C(=O)N[C@H](C(=O)N[C@@H](C)C(=O)N[C@H](C(=O)O)C(C)C)C(C)C)[C@@H](C)CC)C(C)C. The largest absolute Gasteiger partial charge is 0.480 e. The molecule has 0 aliphatic rings. The molecule has 0 saturated heterocycles. The summed E-state index contributed by atoms with van der Waals surface area (Å²) in [4.78, 5) is 104. The third-order valence-corrected chi connectivity index (χ3v) is 9.61. The van der Waals surface area contributed by atoms with E-state index < -0.39 is 114 Å². The van der Waals surface area contributed by atoms with Crippen LogP contribution in [0.3, 0.4) is 0 Å². The van der Waals surface area contributed by atoms with Crippen LogP contribution in [0, 0.1) is 35.5 Å². The molecule has 55 heavy (non-hydrogen) atoms. The summed E-state index contributed by atoms with van der Waals surface area (Å²) in [7, 11) is 0. The molecule has 10 N–H and O–H groups in total. The van der Waals surface area contributed by atoms with Crippen LogP contribution in [0.25, 0.3) is 0 Å². The molecule has 17 heteroatoms. The summed E-state index contributed by atoms with van der Waals surface area (Å²) in [6.07, 6.45) is 1.35. The highest BCUT2D eigenvalue weighted by atomic mass is 16.4. The van der Waals surface area contributed by atoms with Gasteiger partial charge in [0.15, 0.2) is 0 Å². The van der Waals surface area contributed by atoms with Crippen LogP contribution in [-0.2, 0) is 38.4 Å². The zero-order valence-electron chi connectivity index (χ0n) is 35.1. The molecule has 0 aliphatic heterocycles. The Labute approximate surface area is 327 Å². The minimum absolute atomic E-state index is 0.0590. The Morgan fingerprint density at radius 1 is 0.509 bits per heavy atom. The molecule has 0 fully saturated rings. The number of rotatable bonds is 24. The number of carboxylic acid groups (broad SMARTS) is 1. The summed E-state index contributed by atoms with van der Waals surface area (Å²) in [5.41, 5.74) is 6.03. The average Bonchev–Trinajstić information content (AvgIpc) is 3.10. The number of carbonyl (C=O) groups excluding carboxylic acids is 7. The van der Waals surface area contributed by atoms with Crippen molar-refractivity contribution >= 4 is 47.3 Å². The first kappa shape index (κ1) is 50.7. The molecule has 17 nitrogen and oxygen atoms in total. The van der Waals surface area contributed by atoms with E-state index in [4.69, 9.17) is 5.73 Å². The zero-order valence-corrected chi connectivity index (χ0v) is 35.1. The maximum Gasteiger partial charge on any atom is 0.326 e. The van der Waals surface area contributed by atoms with E-state index in [0.717, 1.165) is 0 Å². The number of nitrogens with one attached hydrogen (secondary N) is 7. The van der Waals surface area contributed by atoms with Crippen LogP contribution in [0.2, 0.25) is 0 Å². The van der Waals surface area contributed by atoms with E-state index in [1.165, 1.54) is 6.92 Å². The van der Waals surface area contributed by atoms with Gasteiger partial charge in [-0.15, -0.1) is 0 Å². The van der Waals surface area contributed by atoms with Crippen molar-refractivity contribution in [3.63, 3.8) is 0 Å². The summed E-state index contributed by atoms with van der Waals surface area (Å²) in [5.74, 6) is -7.37. The van der Waals surface area contributed by atoms with Gasteiger partial charge in [0.25, 0.3) is 0 Å². The highest BCUT2D eigenvalue weighted by Crippen LogP contribution is 2.13. The van der Waals surface area contributed by atoms with E-state index in [1.54, 1.807) is 48.5 Å². The topological polar surface area (TPSA) is 267 Å². The standard InChI is InChI=1S/C38H70N8O9/c1-14-22(11)27(39)34(50)43-28(19(5)6)35(51)40-17-26(47)42-25(16-18(3)4)33(49)46-31(23(12)15-2)37(53)44-29(20(7)8)36(52)41-24(13)32(48)45-30(21(9)10)38(54)55/h18-25,27-31H,14-17,39H2,1-13H3,(H,40,51)(H,41,52)(H,42,47)(H,43,50)(H,44,53)(H,45,48)(H,46,49)(H,54,55)/t22-,23-,24-,25-,27-,28-,29-,30-,31-/m0/s1. The van der Waals surface area contributed by atoms with Crippen molar-refractivity contribution in [3.05, 3.63) is 0 Å². The van der Waals surface area contributed by atoms with Crippen molar-refractivity contribution in [2.75, 3.05) is 6.54 Å². The second kappa shape index (κ2) is 24.3. The predicted octanol–water partition coefficient (Wildman–Crippen LogP) is 0.550. The molecule has 0 aliphatic carbocycles. The fourth-order valence-electron chi connectivity index (χ4n) is 5.42. The van der Waals surface area contributed by atoms with E-state index in [0.29, 0.717) is 12.8 Å². The van der Waals surface area contributed by atoms with Crippen LogP contribution in [0.1, 0.15) is 109 Å². The van der Waals surface area contributed by atoms with Crippen molar-refractivity contribution in [3.8, 4) is 0 Å². The van der Waals surface area contributed by atoms with Crippen LogP contribution >= 0.6 is 0 Å². The molecule has 0 aromatic rings. The first-order valence-electron chi connectivity index (χ1n) is 19.5. The Hall–Kier alpha value is -4.28. The van der Waals surface area contributed by atoms with Gasteiger partial charge in [0.1, 0.15) is 36.3 Å². The minimum atomic E-state index is -1.21. The minimum Gasteiger partial charge on any atom is -0.480 e. The predicted molar refractivity (Wildman–Crippen MR) is 209 cm³/mol. The summed E-state index contributed by atoms with van der Waals surface area (Å²) < 4.78 is 0. The number of nitrogens with two attached hydrogens (primary N) is 1. The Morgan fingerprint density at radius 2 is 0.945 bits per heavy atom. The number of carbonyl (C=O) groups is 8. The molecule has 7 amide bonds. The molecular formula is C38H70N8O9. The van der Waals surface area contributed by atoms with Crippen LogP contribution in [0.5, 0.6) is 0 Å². The second-order valence-electron chi connectivity index (χ2n) is 16.0. The van der Waals surface area contributed by atoms with Crippen LogP contribution in [0.15, 0.2) is 0 Å². The molecule has 0 aromatic carbocycles. The number of carboxylic acids is 1. The molecule has 0 aromatic heterocycles. The van der Waals surface area contributed by atoms with Gasteiger partial charge in [-0.25, -0.2) is 4.79 Å². The average molecular weight is 783 g/mol. The van der Waals surface area contributed by atoms with Gasteiger partial charge in [0.2, 0.25) is 41.4 Å². The lowest BCUT2D eigenvalue weighted by Gasteiger charge is -2.30. The van der Waals surface area contributed by atoms with Crippen molar-refractivity contribution in [2.45, 2.75) is 152 Å². The van der Waals surface area contributed by atoms with Gasteiger partial charge in [-0.1, -0.05) is 95.9 Å². The van der Waals surface area contributed by atoms with Crippen LogP contribution < -0.4 is 43.0 Å². The van der Waals surface area contributed by atoms with Crippen LogP contribution in [-0.4, -0.2) is 101 Å². The number of aliphatic carboxylic acids is 1. The molecule has 0 heterocycles. The fourth-order valence-corrected chi connectivity index (χ4v) is 5.42. The van der Waals surface area contributed by atoms with Gasteiger partial charge < -0.3 is 48.1 Å². The molecule has 0 rings (SSSR count). The fraction of sp³-hybridized carbons (Fsp3) is 0.789. The molecule has 9 atom stereocenters. The molecular weight excluding hydrogens is 712 g/mol. The number of hydrogen-bond donors (Lipinski definition) is 9. The third kappa shape index (κ3) is 17.4. The van der Waals surface area contributed by atoms with Gasteiger partial charge in [-0.2, -0.15) is 0 Å². The molecule has 316 valence electrons. The quantitative estimate of drug-likeness (QED) is 0.0656. The van der Waals surface area contributed by atoms with Gasteiger partial charge in [-0.05, 0) is 48.9 Å². The van der Waals surface area contributed by atoms with Crippen molar-refractivity contribution < 1.29 is 43.5 Å². The Bertz CT molecular complexity index is 1320. The normalized spacial score (nSPS) is 16.4. The second-order valence-corrected chi connectivity index (χ2v) is 16.0. The number of hydrogen-bond acceptors (Lipinski definition) is 9. The number of amides is 7. The maximum absolute atomic E-state index is 13.7. The van der Waals surface area contributed by atoms with Crippen LogP contribution in [0.4, 0.5) is 0 Å². The monoisotopic (exact) mass is 783 g/mol. The molecule has 0 bridgehead atoms. The molecule has 0 spiro atoms. The third-order valence-electron chi connectivity index (χ3n) is 9.61. The van der Waals surface area contributed by atoms with E-state index >= 15 is 0 Å². The van der Waals surface area contributed by atoms with E-state index in [-0.39, 0.29) is 24.2 Å². The highest BCUT2D eigenvalue weighted by molar-refractivity contribution is 5.97. The van der Waals surface area contributed by atoms with E-state index in [1.807, 2.05) is 34.6 Å². The zero-order chi connectivity index (χ0) is 42.9. The maximum atomic E-state index is 13.7. The van der Waals surface area contributed by atoms with Gasteiger partial charge in [-0.3, -0.25) is 33.6 Å². The summed E-state index contributed by atoms with van der Waals surface area (Å²) in [6.45, 7) is 22.1. The Kier molecular flexibility index (Phi) is 22.4. The summed E-state index contributed by atoms with van der Waals surface area (Å²) >= 11 is 0. The van der Waals surface area contributed by atoms with Gasteiger partial charge >= 0.3 is 5.97 Å². The first-order chi connectivity index (χ1) is 25.4. The molecule has 0 saturated carbocycles. The molecule has 0 radical (unpaired) electrons. The van der Waals surface area contributed by atoms with E-state index in [9.17, 15) is 43.5 Å². The molecule has 0 unspecified atom stereocenters.